The molecule has 0 aliphatic heterocycles. The highest BCUT2D eigenvalue weighted by Crippen LogP contribution is 2.12. The second-order valence-corrected chi connectivity index (χ2v) is 5.27. The predicted molar refractivity (Wildman–Crippen MR) is 81.1 cm³/mol. The molecule has 0 radical (unpaired) electrons. The van der Waals surface area contributed by atoms with Gasteiger partial charge in [-0.05, 0) is 18.4 Å². The third kappa shape index (κ3) is 17.3. The van der Waals surface area contributed by atoms with Crippen LogP contribution in [-0.4, -0.2) is 18.3 Å². The average molecular weight is 269 g/mol. The Morgan fingerprint density at radius 2 is 1.00 bits per heavy atom. The first-order valence-corrected chi connectivity index (χ1v) is 8.03. The van der Waals surface area contributed by atoms with Gasteiger partial charge in [-0.25, -0.2) is 0 Å². The molecule has 0 aromatic carbocycles. The standard InChI is InChI=1S/C15H31N3O/c16-18-17-14-12-10-8-6-4-2-1-3-5-7-9-11-13-15-19/h19H,1-15H2. The molecule has 0 atom stereocenters. The Kier molecular flexibility index (Phi) is 16.6. The van der Waals surface area contributed by atoms with Crippen LogP contribution in [0.3, 0.4) is 0 Å². The van der Waals surface area contributed by atoms with Gasteiger partial charge in [0, 0.05) is 18.1 Å². The SMILES string of the molecule is [N-]=[N+]=NCCCCCCCCCCCCCCCO. The highest BCUT2D eigenvalue weighted by atomic mass is 16.2. The third-order valence-electron chi connectivity index (χ3n) is 3.48. The summed E-state index contributed by atoms with van der Waals surface area (Å²) in [5, 5.41) is 12.2. The van der Waals surface area contributed by atoms with E-state index in [1.54, 1.807) is 0 Å². The van der Waals surface area contributed by atoms with Crippen molar-refractivity contribution in [1.82, 2.24) is 0 Å². The molecule has 4 nitrogen and oxygen atoms in total. The van der Waals surface area contributed by atoms with E-state index in [9.17, 15) is 0 Å². The fourth-order valence-corrected chi connectivity index (χ4v) is 2.28. The average Bonchev–Trinajstić information content (AvgIpc) is 2.43. The summed E-state index contributed by atoms with van der Waals surface area (Å²) in [6.45, 7) is 1.01. The van der Waals surface area contributed by atoms with E-state index in [0.29, 0.717) is 13.2 Å². The van der Waals surface area contributed by atoms with E-state index in [1.807, 2.05) is 0 Å². The van der Waals surface area contributed by atoms with Crippen LogP contribution in [-0.2, 0) is 0 Å². The Morgan fingerprint density at radius 1 is 0.632 bits per heavy atom. The maximum absolute atomic E-state index is 8.65. The monoisotopic (exact) mass is 269 g/mol. The fraction of sp³-hybridized carbons (Fsp3) is 1.00. The van der Waals surface area contributed by atoms with Gasteiger partial charge in [-0.2, -0.15) is 0 Å². The Hall–Kier alpha value is -0.730. The van der Waals surface area contributed by atoms with E-state index >= 15 is 0 Å². The number of unbranched alkanes of at least 4 members (excludes halogenated alkanes) is 12. The summed E-state index contributed by atoms with van der Waals surface area (Å²) in [4.78, 5) is 2.75. The van der Waals surface area contributed by atoms with Crippen LogP contribution in [0.15, 0.2) is 5.11 Å². The molecular weight excluding hydrogens is 238 g/mol. The molecule has 0 bridgehead atoms. The first-order chi connectivity index (χ1) is 9.41. The Bertz CT molecular complexity index is 215. The molecule has 0 rings (SSSR count). The van der Waals surface area contributed by atoms with Crippen LogP contribution in [0.25, 0.3) is 10.4 Å². The van der Waals surface area contributed by atoms with E-state index in [0.717, 1.165) is 12.8 Å². The van der Waals surface area contributed by atoms with E-state index in [4.69, 9.17) is 10.6 Å². The molecule has 0 unspecified atom stereocenters. The minimum Gasteiger partial charge on any atom is -0.396 e. The Balaban J connectivity index is 2.93. The molecule has 0 spiro atoms. The molecular formula is C15H31N3O. The summed E-state index contributed by atoms with van der Waals surface area (Å²) in [6.07, 6.45) is 16.4. The smallest absolute Gasteiger partial charge is 0.0431 e. The third-order valence-corrected chi connectivity index (χ3v) is 3.48. The molecule has 0 heterocycles. The van der Waals surface area contributed by atoms with E-state index in [2.05, 4.69) is 10.0 Å². The number of rotatable bonds is 15. The molecule has 19 heavy (non-hydrogen) atoms. The van der Waals surface area contributed by atoms with Gasteiger partial charge in [-0.3, -0.25) is 0 Å². The molecule has 0 amide bonds. The molecule has 0 saturated heterocycles. The van der Waals surface area contributed by atoms with Crippen molar-refractivity contribution < 1.29 is 5.11 Å². The molecule has 0 saturated carbocycles. The van der Waals surface area contributed by atoms with Gasteiger partial charge < -0.3 is 5.11 Å². The summed E-state index contributed by atoms with van der Waals surface area (Å²) < 4.78 is 0. The number of aliphatic hydroxyl groups excluding tert-OH is 1. The highest BCUT2D eigenvalue weighted by molar-refractivity contribution is 4.51. The number of aliphatic hydroxyl groups is 1. The van der Waals surface area contributed by atoms with Gasteiger partial charge in [0.1, 0.15) is 0 Å². The van der Waals surface area contributed by atoms with E-state index < -0.39 is 0 Å². The van der Waals surface area contributed by atoms with Crippen molar-refractivity contribution >= 4 is 0 Å². The van der Waals surface area contributed by atoms with Gasteiger partial charge in [0.05, 0.1) is 0 Å². The van der Waals surface area contributed by atoms with Crippen LogP contribution in [0.1, 0.15) is 83.5 Å². The summed E-state index contributed by atoms with van der Waals surface area (Å²) in [5.74, 6) is 0. The lowest BCUT2D eigenvalue weighted by molar-refractivity contribution is 0.282. The Labute approximate surface area is 118 Å². The zero-order valence-corrected chi connectivity index (χ0v) is 12.4. The molecule has 1 N–H and O–H groups in total. The number of hydrogen-bond donors (Lipinski definition) is 1. The topological polar surface area (TPSA) is 69.0 Å². The molecule has 0 aromatic rings. The van der Waals surface area contributed by atoms with E-state index in [-0.39, 0.29) is 0 Å². The van der Waals surface area contributed by atoms with Crippen molar-refractivity contribution in [2.45, 2.75) is 83.5 Å². The lowest BCUT2D eigenvalue weighted by Crippen LogP contribution is -1.85. The molecule has 0 aliphatic rings. The summed E-state index contributed by atoms with van der Waals surface area (Å²) in [6, 6.07) is 0. The predicted octanol–water partition coefficient (Wildman–Crippen LogP) is 5.36. The van der Waals surface area contributed by atoms with Crippen LogP contribution in [0, 0.1) is 0 Å². The maximum atomic E-state index is 8.65. The van der Waals surface area contributed by atoms with Crippen LogP contribution >= 0.6 is 0 Å². The molecule has 0 aliphatic carbocycles. The Morgan fingerprint density at radius 3 is 1.37 bits per heavy atom. The van der Waals surface area contributed by atoms with Gasteiger partial charge in [0.15, 0.2) is 0 Å². The lowest BCUT2D eigenvalue weighted by atomic mass is 10.0. The zero-order valence-electron chi connectivity index (χ0n) is 12.4. The number of nitrogens with zero attached hydrogens (tertiary/aromatic N) is 3. The maximum Gasteiger partial charge on any atom is 0.0431 e. The largest absolute Gasteiger partial charge is 0.396 e. The number of azide groups is 1. The van der Waals surface area contributed by atoms with Crippen molar-refractivity contribution in [2.75, 3.05) is 13.2 Å². The van der Waals surface area contributed by atoms with Crippen molar-refractivity contribution in [3.8, 4) is 0 Å². The minimum atomic E-state index is 0.350. The molecule has 0 aromatic heterocycles. The first-order valence-electron chi connectivity index (χ1n) is 8.03. The second kappa shape index (κ2) is 17.3. The van der Waals surface area contributed by atoms with Crippen molar-refractivity contribution in [1.29, 1.82) is 0 Å². The molecule has 112 valence electrons. The summed E-state index contributed by atoms with van der Waals surface area (Å²) in [7, 11) is 0. The summed E-state index contributed by atoms with van der Waals surface area (Å²) >= 11 is 0. The first kappa shape index (κ1) is 18.3. The lowest BCUT2D eigenvalue weighted by Gasteiger charge is -2.02. The molecule has 4 heteroatoms. The van der Waals surface area contributed by atoms with Crippen LogP contribution < -0.4 is 0 Å². The van der Waals surface area contributed by atoms with Gasteiger partial charge in [-0.1, -0.05) is 75.7 Å². The van der Waals surface area contributed by atoms with Crippen LogP contribution in [0.5, 0.6) is 0 Å². The normalized spacial score (nSPS) is 10.4. The minimum absolute atomic E-state index is 0.350. The van der Waals surface area contributed by atoms with Crippen LogP contribution in [0.2, 0.25) is 0 Å². The van der Waals surface area contributed by atoms with Gasteiger partial charge in [-0.15, -0.1) is 0 Å². The second-order valence-electron chi connectivity index (χ2n) is 5.27. The van der Waals surface area contributed by atoms with Gasteiger partial charge in [0.25, 0.3) is 0 Å². The van der Waals surface area contributed by atoms with Gasteiger partial charge in [0.2, 0.25) is 0 Å². The van der Waals surface area contributed by atoms with Crippen LogP contribution in [0.4, 0.5) is 0 Å². The molecule has 0 fully saturated rings. The summed E-state index contributed by atoms with van der Waals surface area (Å²) in [5.41, 5.74) is 8.12. The highest BCUT2D eigenvalue weighted by Gasteiger charge is 1.93. The quantitative estimate of drug-likeness (QED) is 0.185. The zero-order chi connectivity index (χ0) is 14.0. The van der Waals surface area contributed by atoms with Crippen molar-refractivity contribution in [3.05, 3.63) is 10.4 Å². The van der Waals surface area contributed by atoms with E-state index in [1.165, 1.54) is 70.6 Å². The van der Waals surface area contributed by atoms with Crippen molar-refractivity contribution in [3.63, 3.8) is 0 Å². The van der Waals surface area contributed by atoms with Crippen molar-refractivity contribution in [2.24, 2.45) is 5.11 Å². The van der Waals surface area contributed by atoms with Gasteiger partial charge >= 0.3 is 0 Å². The number of hydrogen-bond acceptors (Lipinski definition) is 2. The fourth-order valence-electron chi connectivity index (χ4n) is 2.28.